The number of ether oxygens (including phenoxy) is 1. The maximum atomic E-state index is 5.41. The molecule has 0 radical (unpaired) electrons. The van der Waals surface area contributed by atoms with E-state index in [2.05, 4.69) is 55.2 Å². The molecule has 1 saturated heterocycles. The van der Waals surface area contributed by atoms with Gasteiger partial charge in [0.15, 0.2) is 5.96 Å². The number of hydrogen-bond acceptors (Lipinski definition) is 5. The topological polar surface area (TPSA) is 61.8 Å². The van der Waals surface area contributed by atoms with Gasteiger partial charge in [-0.1, -0.05) is 12.1 Å². The minimum atomic E-state index is 0. The van der Waals surface area contributed by atoms with E-state index in [0.717, 1.165) is 62.5 Å². The Balaban J connectivity index is 0.00000261. The van der Waals surface area contributed by atoms with Gasteiger partial charge in [0.25, 0.3) is 0 Å². The zero-order valence-corrected chi connectivity index (χ0v) is 19.0. The number of thiazole rings is 1. The molecule has 0 aliphatic carbocycles. The molecular formula is C19H28IN5OS. The van der Waals surface area contributed by atoms with Crippen LogP contribution in [0.4, 0.5) is 5.69 Å². The quantitative estimate of drug-likeness (QED) is 0.362. The van der Waals surface area contributed by atoms with E-state index in [0.29, 0.717) is 0 Å². The summed E-state index contributed by atoms with van der Waals surface area (Å²) in [6.45, 7) is 7.15. The van der Waals surface area contributed by atoms with Crippen molar-refractivity contribution in [2.24, 2.45) is 4.99 Å². The van der Waals surface area contributed by atoms with Crippen molar-refractivity contribution in [1.29, 1.82) is 0 Å². The molecule has 6 nitrogen and oxygen atoms in total. The third kappa shape index (κ3) is 6.93. The molecule has 1 aliphatic heterocycles. The molecule has 3 rings (SSSR count). The first kappa shape index (κ1) is 21.9. The number of aryl methyl sites for hydroxylation is 1. The van der Waals surface area contributed by atoms with Crippen LogP contribution in [0.5, 0.6) is 0 Å². The van der Waals surface area contributed by atoms with E-state index in [1.54, 1.807) is 18.4 Å². The van der Waals surface area contributed by atoms with Crippen molar-refractivity contribution >= 4 is 47.0 Å². The summed E-state index contributed by atoms with van der Waals surface area (Å²) in [6, 6.07) is 8.71. The second-order valence-corrected chi connectivity index (χ2v) is 7.29. The van der Waals surface area contributed by atoms with Gasteiger partial charge in [0.2, 0.25) is 0 Å². The second-order valence-electron chi connectivity index (χ2n) is 6.23. The molecule has 148 valence electrons. The van der Waals surface area contributed by atoms with Gasteiger partial charge in [0, 0.05) is 50.7 Å². The Morgan fingerprint density at radius 3 is 2.59 bits per heavy atom. The standard InChI is InChI=1S/C19H27N5OS.HI/c1-15-23-17(14-26-15)7-8-21-19(20-2)22-13-16-3-5-18(6-4-16)24-9-11-25-12-10-24;/h3-6,14H,7-13H2,1-2H3,(H2,20,21,22);1H. The normalized spacial score (nSPS) is 14.6. The SMILES string of the molecule is CN=C(NCCc1csc(C)n1)NCc1ccc(N2CCOCC2)cc1.I. The molecular weight excluding hydrogens is 473 g/mol. The maximum Gasteiger partial charge on any atom is 0.191 e. The number of aromatic nitrogens is 1. The molecule has 1 aliphatic rings. The van der Waals surface area contributed by atoms with Gasteiger partial charge in [0.1, 0.15) is 0 Å². The van der Waals surface area contributed by atoms with Gasteiger partial charge in [-0.2, -0.15) is 0 Å². The van der Waals surface area contributed by atoms with Crippen molar-refractivity contribution in [1.82, 2.24) is 15.6 Å². The van der Waals surface area contributed by atoms with Crippen LogP contribution in [0.3, 0.4) is 0 Å². The molecule has 1 fully saturated rings. The second kappa shape index (κ2) is 11.5. The summed E-state index contributed by atoms with van der Waals surface area (Å²) >= 11 is 1.69. The Morgan fingerprint density at radius 2 is 1.96 bits per heavy atom. The van der Waals surface area contributed by atoms with Gasteiger partial charge >= 0.3 is 0 Å². The van der Waals surface area contributed by atoms with Crippen LogP contribution in [-0.4, -0.2) is 50.8 Å². The molecule has 0 unspecified atom stereocenters. The number of morpholine rings is 1. The largest absolute Gasteiger partial charge is 0.378 e. The van der Waals surface area contributed by atoms with Gasteiger partial charge in [-0.25, -0.2) is 4.98 Å². The number of nitrogens with one attached hydrogen (secondary N) is 2. The molecule has 0 amide bonds. The van der Waals surface area contributed by atoms with Gasteiger partial charge in [-0.05, 0) is 24.6 Å². The monoisotopic (exact) mass is 501 g/mol. The van der Waals surface area contributed by atoms with Crippen LogP contribution < -0.4 is 15.5 Å². The van der Waals surface area contributed by atoms with Gasteiger partial charge in [0.05, 0.1) is 23.9 Å². The molecule has 2 heterocycles. The fraction of sp³-hybridized carbons (Fsp3) is 0.474. The Kier molecular flexibility index (Phi) is 9.29. The predicted molar refractivity (Wildman–Crippen MR) is 124 cm³/mol. The highest BCUT2D eigenvalue weighted by Crippen LogP contribution is 2.16. The third-order valence-corrected chi connectivity index (χ3v) is 5.16. The van der Waals surface area contributed by atoms with E-state index in [9.17, 15) is 0 Å². The molecule has 0 saturated carbocycles. The zero-order valence-electron chi connectivity index (χ0n) is 15.9. The van der Waals surface area contributed by atoms with E-state index in [1.807, 2.05) is 6.92 Å². The van der Waals surface area contributed by atoms with Crippen LogP contribution in [0, 0.1) is 6.92 Å². The smallest absolute Gasteiger partial charge is 0.191 e. The predicted octanol–water partition coefficient (Wildman–Crippen LogP) is 2.81. The number of halogens is 1. The molecule has 8 heteroatoms. The van der Waals surface area contributed by atoms with Crippen LogP contribution in [-0.2, 0) is 17.7 Å². The summed E-state index contributed by atoms with van der Waals surface area (Å²) in [7, 11) is 1.80. The number of benzene rings is 1. The van der Waals surface area contributed by atoms with Gasteiger partial charge in [-0.3, -0.25) is 4.99 Å². The summed E-state index contributed by atoms with van der Waals surface area (Å²) in [5.74, 6) is 0.814. The fourth-order valence-corrected chi connectivity index (χ4v) is 3.53. The summed E-state index contributed by atoms with van der Waals surface area (Å²) in [5, 5.41) is 9.93. The van der Waals surface area contributed by atoms with E-state index in [4.69, 9.17) is 4.74 Å². The van der Waals surface area contributed by atoms with Crippen LogP contribution in [0.25, 0.3) is 0 Å². The highest BCUT2D eigenvalue weighted by atomic mass is 127. The highest BCUT2D eigenvalue weighted by Gasteiger charge is 2.10. The minimum Gasteiger partial charge on any atom is -0.378 e. The average Bonchev–Trinajstić information content (AvgIpc) is 3.11. The molecule has 1 aromatic carbocycles. The fourth-order valence-electron chi connectivity index (χ4n) is 2.88. The zero-order chi connectivity index (χ0) is 18.2. The average molecular weight is 501 g/mol. The van der Waals surface area contributed by atoms with Crippen molar-refractivity contribution in [2.45, 2.75) is 19.9 Å². The number of hydrogen-bond donors (Lipinski definition) is 2. The Labute approximate surface area is 182 Å². The maximum absolute atomic E-state index is 5.41. The molecule has 27 heavy (non-hydrogen) atoms. The lowest BCUT2D eigenvalue weighted by atomic mass is 10.2. The number of anilines is 1. The lowest BCUT2D eigenvalue weighted by Crippen LogP contribution is -2.38. The van der Waals surface area contributed by atoms with E-state index in [1.165, 1.54) is 11.3 Å². The molecule has 0 bridgehead atoms. The lowest BCUT2D eigenvalue weighted by Gasteiger charge is -2.28. The Morgan fingerprint density at radius 1 is 1.22 bits per heavy atom. The van der Waals surface area contributed by atoms with Crippen LogP contribution in [0.2, 0.25) is 0 Å². The highest BCUT2D eigenvalue weighted by molar-refractivity contribution is 14.0. The van der Waals surface area contributed by atoms with E-state index < -0.39 is 0 Å². The van der Waals surface area contributed by atoms with E-state index in [-0.39, 0.29) is 24.0 Å². The lowest BCUT2D eigenvalue weighted by molar-refractivity contribution is 0.122. The van der Waals surface area contributed by atoms with Crippen molar-refractivity contribution in [2.75, 3.05) is 44.8 Å². The number of rotatable bonds is 6. The van der Waals surface area contributed by atoms with Gasteiger partial charge < -0.3 is 20.3 Å². The number of aliphatic imine (C=N–C) groups is 1. The van der Waals surface area contributed by atoms with Crippen molar-refractivity contribution in [3.05, 3.63) is 45.9 Å². The molecule has 2 aromatic rings. The summed E-state index contributed by atoms with van der Waals surface area (Å²) < 4.78 is 5.41. The summed E-state index contributed by atoms with van der Waals surface area (Å²) in [4.78, 5) is 11.1. The molecule has 0 spiro atoms. The van der Waals surface area contributed by atoms with Crippen LogP contribution in [0.1, 0.15) is 16.3 Å². The summed E-state index contributed by atoms with van der Waals surface area (Å²) in [5.41, 5.74) is 3.63. The number of guanidine groups is 1. The van der Waals surface area contributed by atoms with Crippen molar-refractivity contribution in [3.8, 4) is 0 Å². The minimum absolute atomic E-state index is 0. The third-order valence-electron chi connectivity index (χ3n) is 4.34. The first-order valence-electron chi connectivity index (χ1n) is 9.02. The number of nitrogens with zero attached hydrogens (tertiary/aromatic N) is 3. The van der Waals surface area contributed by atoms with Crippen LogP contribution in [0.15, 0.2) is 34.6 Å². The Bertz CT molecular complexity index is 713. The van der Waals surface area contributed by atoms with Crippen LogP contribution >= 0.6 is 35.3 Å². The first-order chi connectivity index (χ1) is 12.7. The van der Waals surface area contributed by atoms with Gasteiger partial charge in [-0.15, -0.1) is 35.3 Å². The summed E-state index contributed by atoms with van der Waals surface area (Å²) in [6.07, 6.45) is 0.902. The van der Waals surface area contributed by atoms with Crippen molar-refractivity contribution in [3.63, 3.8) is 0 Å². The molecule has 1 aromatic heterocycles. The van der Waals surface area contributed by atoms with Crippen molar-refractivity contribution < 1.29 is 4.74 Å². The molecule has 2 N–H and O–H groups in total. The molecule has 0 atom stereocenters. The van der Waals surface area contributed by atoms with E-state index >= 15 is 0 Å². The Hall–Kier alpha value is -1.39. The first-order valence-corrected chi connectivity index (χ1v) is 9.90.